The minimum Gasteiger partial charge on any atom is -0.288 e. The van der Waals surface area contributed by atoms with Crippen molar-refractivity contribution in [1.29, 1.82) is 0 Å². The van der Waals surface area contributed by atoms with Gasteiger partial charge in [0.15, 0.2) is 10.2 Å². The number of thioether (sulfide) groups is 1. The molecule has 0 saturated carbocycles. The summed E-state index contributed by atoms with van der Waals surface area (Å²) in [6, 6.07) is 4.12. The summed E-state index contributed by atoms with van der Waals surface area (Å²) < 4.78 is 0. The first-order chi connectivity index (χ1) is 10.0. The van der Waals surface area contributed by atoms with Crippen LogP contribution in [0.4, 0.5) is 5.13 Å². The molecule has 21 heavy (non-hydrogen) atoms. The van der Waals surface area contributed by atoms with Gasteiger partial charge in [-0.2, -0.15) is 0 Å². The van der Waals surface area contributed by atoms with Crippen LogP contribution in [-0.2, 0) is 9.59 Å². The number of anilines is 1. The first-order valence-electron chi connectivity index (χ1n) is 6.53. The Labute approximate surface area is 135 Å². The summed E-state index contributed by atoms with van der Waals surface area (Å²) in [4.78, 5) is 31.9. The van der Waals surface area contributed by atoms with E-state index in [9.17, 15) is 9.59 Å². The fraction of sp³-hybridized carbons (Fsp3) is 0.357. The predicted octanol–water partition coefficient (Wildman–Crippen LogP) is 3.57. The normalized spacial score (nSPS) is 18.5. The SMILES string of the molecule is CC(=O)SC1CC(=O)N(c2nc(-c3ccc(C)s3)cs2)C1. The second kappa shape index (κ2) is 5.90. The number of aryl methyl sites for hydroxylation is 1. The lowest BCUT2D eigenvalue weighted by Gasteiger charge is -2.11. The molecule has 3 heterocycles. The number of nitrogens with zero attached hydrogens (tertiary/aromatic N) is 2. The van der Waals surface area contributed by atoms with Crippen LogP contribution in [0, 0.1) is 6.92 Å². The molecule has 0 spiro atoms. The molecule has 0 aliphatic carbocycles. The third kappa shape index (κ3) is 3.20. The molecule has 0 N–H and O–H groups in total. The Balaban J connectivity index is 1.77. The Kier molecular flexibility index (Phi) is 4.14. The molecule has 0 radical (unpaired) electrons. The van der Waals surface area contributed by atoms with E-state index in [0.29, 0.717) is 13.0 Å². The Bertz CT molecular complexity index is 692. The van der Waals surface area contributed by atoms with Gasteiger partial charge in [-0.15, -0.1) is 22.7 Å². The maximum Gasteiger partial charge on any atom is 0.230 e. The number of hydrogen-bond acceptors (Lipinski definition) is 6. The van der Waals surface area contributed by atoms with Gasteiger partial charge in [-0.25, -0.2) is 4.98 Å². The fourth-order valence-corrected chi connectivity index (χ4v) is 4.92. The zero-order valence-corrected chi connectivity index (χ0v) is 14.1. The molecule has 4 nitrogen and oxygen atoms in total. The number of aromatic nitrogens is 1. The first-order valence-corrected chi connectivity index (χ1v) is 9.10. The van der Waals surface area contributed by atoms with Crippen LogP contribution >= 0.6 is 34.4 Å². The van der Waals surface area contributed by atoms with E-state index in [0.717, 1.165) is 15.7 Å². The van der Waals surface area contributed by atoms with Gasteiger partial charge in [0.2, 0.25) is 5.91 Å². The third-order valence-corrected chi connectivity index (χ3v) is 6.01. The number of rotatable bonds is 3. The topological polar surface area (TPSA) is 50.3 Å². The van der Waals surface area contributed by atoms with Gasteiger partial charge in [-0.05, 0) is 19.1 Å². The zero-order chi connectivity index (χ0) is 15.0. The summed E-state index contributed by atoms with van der Waals surface area (Å²) in [5, 5.41) is 2.82. The first kappa shape index (κ1) is 14.7. The molecule has 1 atom stereocenters. The molecule has 0 bridgehead atoms. The van der Waals surface area contributed by atoms with Crippen molar-refractivity contribution in [1.82, 2.24) is 4.98 Å². The minimum atomic E-state index is 0.0475. The van der Waals surface area contributed by atoms with Crippen molar-refractivity contribution in [3.63, 3.8) is 0 Å². The van der Waals surface area contributed by atoms with E-state index >= 15 is 0 Å². The van der Waals surface area contributed by atoms with Gasteiger partial charge in [-0.1, -0.05) is 11.8 Å². The van der Waals surface area contributed by atoms with Crippen molar-refractivity contribution >= 4 is 50.6 Å². The molecule has 2 aromatic rings. The maximum atomic E-state index is 12.1. The van der Waals surface area contributed by atoms with Crippen molar-refractivity contribution < 1.29 is 9.59 Å². The average molecular weight is 338 g/mol. The van der Waals surface area contributed by atoms with E-state index < -0.39 is 0 Å². The van der Waals surface area contributed by atoms with Crippen molar-refractivity contribution in [2.45, 2.75) is 25.5 Å². The molecule has 2 aromatic heterocycles. The Morgan fingerprint density at radius 2 is 2.29 bits per heavy atom. The van der Waals surface area contributed by atoms with E-state index in [1.807, 2.05) is 5.38 Å². The van der Waals surface area contributed by atoms with E-state index in [-0.39, 0.29) is 16.3 Å². The molecule has 7 heteroatoms. The summed E-state index contributed by atoms with van der Waals surface area (Å²) in [6.07, 6.45) is 0.414. The summed E-state index contributed by atoms with van der Waals surface area (Å²) in [6.45, 7) is 4.17. The van der Waals surface area contributed by atoms with Gasteiger partial charge in [0.25, 0.3) is 0 Å². The van der Waals surface area contributed by atoms with Crippen LogP contribution < -0.4 is 4.90 Å². The van der Waals surface area contributed by atoms with E-state index in [1.54, 1.807) is 23.2 Å². The Morgan fingerprint density at radius 3 is 2.95 bits per heavy atom. The second-order valence-electron chi connectivity index (χ2n) is 4.87. The Hall–Kier alpha value is -1.18. The largest absolute Gasteiger partial charge is 0.288 e. The summed E-state index contributed by atoms with van der Waals surface area (Å²) in [7, 11) is 0. The standard InChI is InChI=1S/C14H14N2O2S3/c1-8-3-4-12(20-8)11-7-19-14(15-11)16-6-10(5-13(16)18)21-9(2)17/h3-4,7,10H,5-6H2,1-2H3. The molecule has 110 valence electrons. The molecule has 1 unspecified atom stereocenters. The van der Waals surface area contributed by atoms with Gasteiger partial charge in [0.05, 0.1) is 10.6 Å². The molecule has 1 amide bonds. The van der Waals surface area contributed by atoms with Crippen LogP contribution in [0.2, 0.25) is 0 Å². The molecule has 1 saturated heterocycles. The quantitative estimate of drug-likeness (QED) is 0.858. The Morgan fingerprint density at radius 1 is 1.48 bits per heavy atom. The average Bonchev–Trinajstić information content (AvgIpc) is 3.08. The lowest BCUT2D eigenvalue weighted by molar-refractivity contribution is -0.117. The van der Waals surface area contributed by atoms with Crippen LogP contribution in [-0.4, -0.2) is 27.8 Å². The number of thiazole rings is 1. The van der Waals surface area contributed by atoms with Crippen LogP contribution in [0.3, 0.4) is 0 Å². The number of hydrogen-bond donors (Lipinski definition) is 0. The lowest BCUT2D eigenvalue weighted by Crippen LogP contribution is -2.24. The predicted molar refractivity (Wildman–Crippen MR) is 89.2 cm³/mol. The van der Waals surface area contributed by atoms with Crippen LogP contribution in [0.25, 0.3) is 10.6 Å². The molecular weight excluding hydrogens is 324 g/mol. The van der Waals surface area contributed by atoms with Crippen molar-refractivity contribution in [2.24, 2.45) is 0 Å². The monoisotopic (exact) mass is 338 g/mol. The molecule has 1 aliphatic rings. The molecular formula is C14H14N2O2S3. The van der Waals surface area contributed by atoms with Crippen molar-refractivity contribution in [3.8, 4) is 10.6 Å². The fourth-order valence-electron chi connectivity index (χ4n) is 2.25. The van der Waals surface area contributed by atoms with Gasteiger partial charge < -0.3 is 0 Å². The van der Waals surface area contributed by atoms with Gasteiger partial charge in [0.1, 0.15) is 0 Å². The number of thiophene rings is 1. The van der Waals surface area contributed by atoms with Crippen molar-refractivity contribution in [3.05, 3.63) is 22.4 Å². The molecule has 3 rings (SSSR count). The van der Waals surface area contributed by atoms with Gasteiger partial charge in [-0.3, -0.25) is 14.5 Å². The smallest absolute Gasteiger partial charge is 0.230 e. The minimum absolute atomic E-state index is 0.0475. The summed E-state index contributed by atoms with van der Waals surface area (Å²) >= 11 is 4.43. The maximum absolute atomic E-state index is 12.1. The molecule has 1 fully saturated rings. The molecule has 1 aliphatic heterocycles. The molecule has 0 aromatic carbocycles. The van der Waals surface area contributed by atoms with E-state index in [4.69, 9.17) is 0 Å². The summed E-state index contributed by atoms with van der Waals surface area (Å²) in [5.74, 6) is 0.0528. The van der Waals surface area contributed by atoms with Crippen LogP contribution in [0.1, 0.15) is 18.2 Å². The van der Waals surface area contributed by atoms with Crippen LogP contribution in [0.5, 0.6) is 0 Å². The zero-order valence-electron chi connectivity index (χ0n) is 11.7. The van der Waals surface area contributed by atoms with E-state index in [2.05, 4.69) is 24.0 Å². The number of carbonyl (C=O) groups excluding carboxylic acids is 2. The second-order valence-corrected chi connectivity index (χ2v) is 8.47. The highest BCUT2D eigenvalue weighted by molar-refractivity contribution is 8.14. The van der Waals surface area contributed by atoms with Crippen molar-refractivity contribution in [2.75, 3.05) is 11.4 Å². The van der Waals surface area contributed by atoms with Gasteiger partial charge >= 0.3 is 0 Å². The van der Waals surface area contributed by atoms with E-state index in [1.165, 1.54) is 28.0 Å². The number of carbonyl (C=O) groups is 2. The third-order valence-electron chi connectivity index (χ3n) is 3.14. The highest BCUT2D eigenvalue weighted by atomic mass is 32.2. The highest BCUT2D eigenvalue weighted by Crippen LogP contribution is 2.35. The lowest BCUT2D eigenvalue weighted by atomic mass is 10.4. The number of amides is 1. The van der Waals surface area contributed by atoms with Crippen LogP contribution in [0.15, 0.2) is 17.5 Å². The highest BCUT2D eigenvalue weighted by Gasteiger charge is 2.33. The summed E-state index contributed by atoms with van der Waals surface area (Å²) in [5.41, 5.74) is 0.920. The van der Waals surface area contributed by atoms with Gasteiger partial charge in [0, 0.05) is 35.4 Å².